The Labute approximate surface area is 77.1 Å². The van der Waals surface area contributed by atoms with Crippen LogP contribution in [0.1, 0.15) is 11.1 Å². The lowest BCUT2D eigenvalue weighted by molar-refractivity contribution is 0.414. The van der Waals surface area contributed by atoms with Crippen molar-refractivity contribution in [1.82, 2.24) is 0 Å². The maximum absolute atomic E-state index is 10.1. The van der Waals surface area contributed by atoms with Gasteiger partial charge in [0, 0.05) is 0 Å². The van der Waals surface area contributed by atoms with Crippen LogP contribution in [0, 0.1) is 13.8 Å². The van der Waals surface area contributed by atoms with Crippen LogP contribution in [0.15, 0.2) is 17.1 Å². The molecule has 0 amide bonds. The largest absolute Gasteiger partial charge is 0.497 e. The molecular weight excluding hydrogens is 166 g/mol. The summed E-state index contributed by atoms with van der Waals surface area (Å²) in [5, 5.41) is 0. The molecule has 0 aromatic heterocycles. The van der Waals surface area contributed by atoms with Crippen LogP contribution in [0.25, 0.3) is 0 Å². The van der Waals surface area contributed by atoms with Gasteiger partial charge in [-0.3, -0.25) is 0 Å². The van der Waals surface area contributed by atoms with Gasteiger partial charge in [0.1, 0.15) is 5.75 Å². The fraction of sp³-hybridized carbons (Fsp3) is 0.300. The molecule has 0 radical (unpaired) electrons. The van der Waals surface area contributed by atoms with Crippen molar-refractivity contribution in [3.05, 3.63) is 23.3 Å². The summed E-state index contributed by atoms with van der Waals surface area (Å²) in [7, 11) is 1.61. The first-order valence-corrected chi connectivity index (χ1v) is 3.92. The average molecular weight is 177 g/mol. The summed E-state index contributed by atoms with van der Waals surface area (Å²) in [5.41, 5.74) is 2.51. The zero-order chi connectivity index (χ0) is 9.84. The summed E-state index contributed by atoms with van der Waals surface area (Å²) < 4.78 is 5.07. The highest BCUT2D eigenvalue weighted by Gasteiger charge is 2.03. The summed E-state index contributed by atoms with van der Waals surface area (Å²) in [6.45, 7) is 3.76. The van der Waals surface area contributed by atoms with Crippen LogP contribution in [0.4, 0.5) is 5.69 Å². The Morgan fingerprint density at radius 2 is 1.85 bits per heavy atom. The first-order chi connectivity index (χ1) is 6.19. The van der Waals surface area contributed by atoms with Crippen molar-refractivity contribution in [1.29, 1.82) is 0 Å². The smallest absolute Gasteiger partial charge is 0.240 e. The predicted molar refractivity (Wildman–Crippen MR) is 50.2 cm³/mol. The molecule has 1 aromatic carbocycles. The molecule has 0 saturated carbocycles. The zero-order valence-electron chi connectivity index (χ0n) is 7.92. The van der Waals surface area contributed by atoms with E-state index in [9.17, 15) is 4.79 Å². The predicted octanol–water partition coefficient (Wildman–Crippen LogP) is 2.28. The second kappa shape index (κ2) is 3.87. The van der Waals surface area contributed by atoms with Gasteiger partial charge in [-0.05, 0) is 37.1 Å². The molecule has 1 aromatic rings. The molecule has 0 aliphatic rings. The highest BCUT2D eigenvalue weighted by atomic mass is 16.5. The van der Waals surface area contributed by atoms with E-state index in [4.69, 9.17) is 4.74 Å². The van der Waals surface area contributed by atoms with Crippen LogP contribution in [-0.2, 0) is 4.79 Å². The fourth-order valence-corrected chi connectivity index (χ4v) is 1.26. The zero-order valence-corrected chi connectivity index (χ0v) is 7.92. The Kier molecular flexibility index (Phi) is 2.83. The van der Waals surface area contributed by atoms with Crippen molar-refractivity contribution < 1.29 is 9.53 Å². The lowest BCUT2D eigenvalue weighted by atomic mass is 10.1. The van der Waals surface area contributed by atoms with Gasteiger partial charge in [-0.2, -0.15) is 4.99 Å². The van der Waals surface area contributed by atoms with E-state index in [1.807, 2.05) is 26.0 Å². The third-order valence-corrected chi connectivity index (χ3v) is 1.86. The number of benzene rings is 1. The number of rotatable bonds is 2. The first-order valence-electron chi connectivity index (χ1n) is 3.92. The second-order valence-corrected chi connectivity index (χ2v) is 2.81. The lowest BCUT2D eigenvalue weighted by Crippen LogP contribution is -1.86. The third kappa shape index (κ3) is 1.95. The molecule has 3 heteroatoms. The molecular formula is C10H11NO2. The Morgan fingerprint density at radius 1 is 1.31 bits per heavy atom. The van der Waals surface area contributed by atoms with Gasteiger partial charge in [0.05, 0.1) is 12.8 Å². The number of isocyanates is 1. The van der Waals surface area contributed by atoms with Crippen molar-refractivity contribution in [3.63, 3.8) is 0 Å². The summed E-state index contributed by atoms with van der Waals surface area (Å²) in [5.74, 6) is 0.778. The molecule has 0 bridgehead atoms. The number of aryl methyl sites for hydroxylation is 2. The second-order valence-electron chi connectivity index (χ2n) is 2.81. The summed E-state index contributed by atoms with van der Waals surface area (Å²) in [4.78, 5) is 13.7. The standard InChI is InChI=1S/C10H11NO2/c1-7-4-9(13-3)5-8(2)10(7)11-6-12/h4-5H,1-3H3. The molecule has 0 fully saturated rings. The highest BCUT2D eigenvalue weighted by Crippen LogP contribution is 2.27. The van der Waals surface area contributed by atoms with Crippen LogP contribution in [0.2, 0.25) is 0 Å². The van der Waals surface area contributed by atoms with Crippen LogP contribution < -0.4 is 4.74 Å². The van der Waals surface area contributed by atoms with Crippen LogP contribution >= 0.6 is 0 Å². The van der Waals surface area contributed by atoms with Crippen LogP contribution in [0.3, 0.4) is 0 Å². The van der Waals surface area contributed by atoms with E-state index in [-0.39, 0.29) is 0 Å². The number of nitrogens with zero attached hydrogens (tertiary/aromatic N) is 1. The van der Waals surface area contributed by atoms with Gasteiger partial charge in [-0.25, -0.2) is 4.79 Å². The Morgan fingerprint density at radius 3 is 2.23 bits per heavy atom. The molecule has 1 rings (SSSR count). The van der Waals surface area contributed by atoms with Crippen molar-refractivity contribution in [2.75, 3.05) is 7.11 Å². The van der Waals surface area contributed by atoms with Crippen LogP contribution in [0.5, 0.6) is 5.75 Å². The molecule has 0 spiro atoms. The van der Waals surface area contributed by atoms with Crippen molar-refractivity contribution in [2.24, 2.45) is 4.99 Å². The van der Waals surface area contributed by atoms with E-state index in [1.54, 1.807) is 7.11 Å². The van der Waals surface area contributed by atoms with E-state index >= 15 is 0 Å². The van der Waals surface area contributed by atoms with Crippen molar-refractivity contribution in [2.45, 2.75) is 13.8 Å². The average Bonchev–Trinajstić information content (AvgIpc) is 2.11. The normalized spacial score (nSPS) is 9.15. The number of ether oxygens (including phenoxy) is 1. The maximum Gasteiger partial charge on any atom is 0.240 e. The molecule has 0 heterocycles. The minimum Gasteiger partial charge on any atom is -0.497 e. The molecule has 0 unspecified atom stereocenters. The Hall–Kier alpha value is -1.60. The molecule has 0 aliphatic carbocycles. The maximum atomic E-state index is 10.1. The molecule has 0 atom stereocenters. The van der Waals surface area contributed by atoms with Gasteiger partial charge in [0.15, 0.2) is 0 Å². The van der Waals surface area contributed by atoms with E-state index < -0.39 is 0 Å². The molecule has 68 valence electrons. The molecule has 0 saturated heterocycles. The molecule has 0 N–H and O–H groups in total. The molecule has 13 heavy (non-hydrogen) atoms. The lowest BCUT2D eigenvalue weighted by Gasteiger charge is -2.06. The highest BCUT2D eigenvalue weighted by molar-refractivity contribution is 5.60. The Balaban J connectivity index is 3.30. The quantitative estimate of drug-likeness (QED) is 0.513. The minimum atomic E-state index is 0.677. The number of carbonyl (C=O) groups excluding carboxylic acids is 1. The van der Waals surface area contributed by atoms with Gasteiger partial charge in [-0.15, -0.1) is 0 Å². The van der Waals surface area contributed by atoms with E-state index in [0.717, 1.165) is 16.9 Å². The molecule has 0 aliphatic heterocycles. The topological polar surface area (TPSA) is 38.7 Å². The number of methoxy groups -OCH3 is 1. The first kappa shape index (κ1) is 9.49. The fourth-order valence-electron chi connectivity index (χ4n) is 1.26. The third-order valence-electron chi connectivity index (χ3n) is 1.86. The van der Waals surface area contributed by atoms with Crippen molar-refractivity contribution in [3.8, 4) is 5.75 Å². The minimum absolute atomic E-state index is 0.677. The van der Waals surface area contributed by atoms with E-state index in [0.29, 0.717) is 5.69 Å². The number of aliphatic imine (C=N–C) groups is 1. The van der Waals surface area contributed by atoms with Crippen molar-refractivity contribution >= 4 is 11.8 Å². The summed E-state index contributed by atoms with van der Waals surface area (Å²) >= 11 is 0. The van der Waals surface area contributed by atoms with Gasteiger partial charge < -0.3 is 4.74 Å². The Bertz CT molecular complexity index is 342. The number of hydrogen-bond acceptors (Lipinski definition) is 3. The van der Waals surface area contributed by atoms with Gasteiger partial charge in [-0.1, -0.05) is 0 Å². The van der Waals surface area contributed by atoms with Gasteiger partial charge in [0.2, 0.25) is 6.08 Å². The SMILES string of the molecule is COc1cc(C)c(N=C=O)c(C)c1. The molecule has 3 nitrogen and oxygen atoms in total. The van der Waals surface area contributed by atoms with E-state index in [2.05, 4.69) is 4.99 Å². The van der Waals surface area contributed by atoms with E-state index in [1.165, 1.54) is 6.08 Å². The summed E-state index contributed by atoms with van der Waals surface area (Å²) in [6, 6.07) is 3.67. The monoisotopic (exact) mass is 177 g/mol. The van der Waals surface area contributed by atoms with Gasteiger partial charge >= 0.3 is 0 Å². The van der Waals surface area contributed by atoms with Crippen LogP contribution in [-0.4, -0.2) is 13.2 Å². The van der Waals surface area contributed by atoms with Gasteiger partial charge in [0.25, 0.3) is 0 Å². The number of hydrogen-bond donors (Lipinski definition) is 0. The summed E-state index contributed by atoms with van der Waals surface area (Å²) in [6.07, 6.45) is 1.54.